The Bertz CT molecular complexity index is 827. The van der Waals surface area contributed by atoms with Crippen molar-refractivity contribution < 1.29 is 23.7 Å². The van der Waals surface area contributed by atoms with E-state index in [1.165, 1.54) is 0 Å². The van der Waals surface area contributed by atoms with E-state index in [1.807, 2.05) is 18.2 Å². The number of amides is 1. The van der Waals surface area contributed by atoms with Gasteiger partial charge < -0.3 is 24.3 Å². The summed E-state index contributed by atoms with van der Waals surface area (Å²) in [7, 11) is 6.33. The number of hydrogen-bond acceptors (Lipinski definition) is 6. The van der Waals surface area contributed by atoms with Crippen LogP contribution in [0, 0.1) is 0 Å². The number of rotatable bonds is 12. The van der Waals surface area contributed by atoms with Gasteiger partial charge in [0.2, 0.25) is 11.7 Å². The first-order chi connectivity index (χ1) is 15.0. The molecule has 0 heterocycles. The van der Waals surface area contributed by atoms with Gasteiger partial charge in [-0.15, -0.1) is 0 Å². The van der Waals surface area contributed by atoms with Crippen LogP contribution in [-0.2, 0) is 11.2 Å². The molecule has 7 heteroatoms. The zero-order chi connectivity index (χ0) is 22.8. The second kappa shape index (κ2) is 12.1. The van der Waals surface area contributed by atoms with Crippen molar-refractivity contribution >= 4 is 5.91 Å². The summed E-state index contributed by atoms with van der Waals surface area (Å²) in [6.45, 7) is 6.49. The summed E-state index contributed by atoms with van der Waals surface area (Å²) < 4.78 is 21.5. The van der Waals surface area contributed by atoms with Gasteiger partial charge in [-0.25, -0.2) is 0 Å². The van der Waals surface area contributed by atoms with Crippen LogP contribution in [-0.4, -0.2) is 58.9 Å². The van der Waals surface area contributed by atoms with Crippen LogP contribution in [0.5, 0.6) is 23.0 Å². The van der Waals surface area contributed by atoms with E-state index >= 15 is 0 Å². The van der Waals surface area contributed by atoms with E-state index in [0.717, 1.165) is 30.0 Å². The van der Waals surface area contributed by atoms with Crippen molar-refractivity contribution in [3.63, 3.8) is 0 Å². The average Bonchev–Trinajstić information content (AvgIpc) is 2.80. The third-order valence-electron chi connectivity index (χ3n) is 5.31. The first-order valence-electron chi connectivity index (χ1n) is 10.4. The van der Waals surface area contributed by atoms with Gasteiger partial charge >= 0.3 is 0 Å². The molecule has 0 aliphatic rings. The SMILES string of the molecule is CCN(CC)C(CNC(=O)Cc1cc(OC)c(OC)c(OC)c1)c1cccc(OC)c1. The molecule has 2 rings (SSSR count). The molecule has 0 bridgehead atoms. The van der Waals surface area contributed by atoms with Crippen molar-refractivity contribution in [3.05, 3.63) is 47.5 Å². The average molecular weight is 431 g/mol. The Balaban J connectivity index is 2.15. The van der Waals surface area contributed by atoms with Gasteiger partial charge in [-0.2, -0.15) is 0 Å². The first-order valence-corrected chi connectivity index (χ1v) is 10.4. The normalized spacial score (nSPS) is 11.7. The smallest absolute Gasteiger partial charge is 0.224 e. The van der Waals surface area contributed by atoms with E-state index in [9.17, 15) is 4.79 Å². The molecule has 31 heavy (non-hydrogen) atoms. The highest BCUT2D eigenvalue weighted by Crippen LogP contribution is 2.38. The quantitative estimate of drug-likeness (QED) is 0.556. The number of nitrogens with one attached hydrogen (secondary N) is 1. The molecule has 2 aromatic rings. The Morgan fingerprint density at radius 3 is 2.10 bits per heavy atom. The Morgan fingerprint density at radius 2 is 1.58 bits per heavy atom. The van der Waals surface area contributed by atoms with Crippen LogP contribution in [0.3, 0.4) is 0 Å². The van der Waals surface area contributed by atoms with Crippen molar-refractivity contribution in [2.24, 2.45) is 0 Å². The minimum absolute atomic E-state index is 0.0500. The van der Waals surface area contributed by atoms with Crippen molar-refractivity contribution in [2.75, 3.05) is 48.1 Å². The lowest BCUT2D eigenvalue weighted by molar-refractivity contribution is -0.120. The summed E-state index contributed by atoms with van der Waals surface area (Å²) in [5.74, 6) is 2.30. The number of hydrogen-bond donors (Lipinski definition) is 1. The molecule has 1 N–H and O–H groups in total. The van der Waals surface area contributed by atoms with Crippen LogP contribution >= 0.6 is 0 Å². The third-order valence-corrected chi connectivity index (χ3v) is 5.31. The maximum Gasteiger partial charge on any atom is 0.224 e. The fourth-order valence-electron chi connectivity index (χ4n) is 3.67. The molecule has 1 atom stereocenters. The van der Waals surface area contributed by atoms with Crippen LogP contribution in [0.2, 0.25) is 0 Å². The molecule has 0 aromatic heterocycles. The van der Waals surface area contributed by atoms with E-state index in [1.54, 1.807) is 40.6 Å². The van der Waals surface area contributed by atoms with Gasteiger partial charge in [-0.3, -0.25) is 9.69 Å². The van der Waals surface area contributed by atoms with Crippen LogP contribution < -0.4 is 24.3 Å². The molecule has 1 amide bonds. The van der Waals surface area contributed by atoms with Crippen molar-refractivity contribution in [3.8, 4) is 23.0 Å². The molecule has 0 spiro atoms. The molecule has 0 aliphatic carbocycles. The summed E-state index contributed by atoms with van der Waals surface area (Å²) in [5, 5.41) is 3.09. The van der Waals surface area contributed by atoms with Gasteiger partial charge in [0.1, 0.15) is 5.75 Å². The van der Waals surface area contributed by atoms with E-state index < -0.39 is 0 Å². The second-order valence-electron chi connectivity index (χ2n) is 7.03. The molecule has 0 saturated heterocycles. The number of likely N-dealkylation sites (N-methyl/N-ethyl adjacent to an activating group) is 1. The fourth-order valence-corrected chi connectivity index (χ4v) is 3.67. The van der Waals surface area contributed by atoms with Crippen LogP contribution in [0.25, 0.3) is 0 Å². The number of ether oxygens (including phenoxy) is 4. The summed E-state index contributed by atoms with van der Waals surface area (Å²) >= 11 is 0. The van der Waals surface area contributed by atoms with Crippen LogP contribution in [0.15, 0.2) is 36.4 Å². The minimum atomic E-state index is -0.0747. The topological polar surface area (TPSA) is 69.3 Å². The maximum atomic E-state index is 12.8. The standard InChI is InChI=1S/C24H34N2O5/c1-7-26(8-2)20(18-10-9-11-19(15-18)28-3)16-25-23(27)14-17-12-21(29-4)24(31-6)22(13-17)30-5/h9-13,15,20H,7-8,14,16H2,1-6H3,(H,25,27). The largest absolute Gasteiger partial charge is 0.497 e. The highest BCUT2D eigenvalue weighted by Gasteiger charge is 2.20. The number of nitrogens with zero attached hydrogens (tertiary/aromatic N) is 1. The summed E-state index contributed by atoms with van der Waals surface area (Å²) in [6, 6.07) is 11.6. The Morgan fingerprint density at radius 1 is 0.935 bits per heavy atom. The van der Waals surface area contributed by atoms with E-state index in [-0.39, 0.29) is 18.4 Å². The van der Waals surface area contributed by atoms with Crippen molar-refractivity contribution in [2.45, 2.75) is 26.3 Å². The lowest BCUT2D eigenvalue weighted by Gasteiger charge is -2.30. The summed E-state index contributed by atoms with van der Waals surface area (Å²) in [6.07, 6.45) is 0.208. The van der Waals surface area contributed by atoms with E-state index in [0.29, 0.717) is 23.8 Å². The minimum Gasteiger partial charge on any atom is -0.497 e. The highest BCUT2D eigenvalue weighted by molar-refractivity contribution is 5.79. The Labute approximate surface area is 185 Å². The summed E-state index contributed by atoms with van der Waals surface area (Å²) in [4.78, 5) is 15.1. The molecule has 0 saturated carbocycles. The van der Waals surface area contributed by atoms with Gasteiger partial charge in [-0.1, -0.05) is 26.0 Å². The molecule has 7 nitrogen and oxygen atoms in total. The van der Waals surface area contributed by atoms with Gasteiger partial charge in [-0.05, 0) is 48.5 Å². The molecule has 0 aliphatic heterocycles. The zero-order valence-corrected chi connectivity index (χ0v) is 19.4. The predicted molar refractivity (Wildman–Crippen MR) is 121 cm³/mol. The Kier molecular flexibility index (Phi) is 9.46. The third kappa shape index (κ3) is 6.28. The van der Waals surface area contributed by atoms with Crippen molar-refractivity contribution in [1.82, 2.24) is 10.2 Å². The second-order valence-corrected chi connectivity index (χ2v) is 7.03. The van der Waals surface area contributed by atoms with E-state index in [2.05, 4.69) is 30.1 Å². The molecular formula is C24H34N2O5. The van der Waals surface area contributed by atoms with Gasteiger partial charge in [0, 0.05) is 6.54 Å². The first kappa shape index (κ1) is 24.3. The van der Waals surface area contributed by atoms with Gasteiger partial charge in [0.25, 0.3) is 0 Å². The number of carbonyl (C=O) groups is 1. The van der Waals surface area contributed by atoms with Crippen LogP contribution in [0.4, 0.5) is 0 Å². The fraction of sp³-hybridized carbons (Fsp3) is 0.458. The number of benzene rings is 2. The van der Waals surface area contributed by atoms with Gasteiger partial charge in [0.05, 0.1) is 40.9 Å². The summed E-state index contributed by atoms with van der Waals surface area (Å²) in [5.41, 5.74) is 1.89. The predicted octanol–water partition coefficient (Wildman–Crippen LogP) is 3.46. The molecule has 0 fully saturated rings. The molecule has 170 valence electrons. The van der Waals surface area contributed by atoms with Crippen molar-refractivity contribution in [1.29, 1.82) is 0 Å². The van der Waals surface area contributed by atoms with Gasteiger partial charge in [0.15, 0.2) is 11.5 Å². The maximum absolute atomic E-state index is 12.8. The highest BCUT2D eigenvalue weighted by atomic mass is 16.5. The van der Waals surface area contributed by atoms with E-state index in [4.69, 9.17) is 18.9 Å². The monoisotopic (exact) mass is 430 g/mol. The molecular weight excluding hydrogens is 396 g/mol. The molecule has 1 unspecified atom stereocenters. The number of methoxy groups -OCH3 is 4. The lowest BCUT2D eigenvalue weighted by atomic mass is 10.0. The lowest BCUT2D eigenvalue weighted by Crippen LogP contribution is -2.38. The number of carbonyl (C=O) groups excluding carboxylic acids is 1. The van der Waals surface area contributed by atoms with Crippen LogP contribution in [0.1, 0.15) is 31.0 Å². The molecule has 0 radical (unpaired) electrons. The zero-order valence-electron chi connectivity index (χ0n) is 19.4. The molecule has 2 aromatic carbocycles. The Hall–Kier alpha value is -2.93.